The van der Waals surface area contributed by atoms with Crippen LogP contribution in [0.5, 0.6) is 0 Å². The second kappa shape index (κ2) is 6.36. The van der Waals surface area contributed by atoms with Crippen molar-refractivity contribution in [2.75, 3.05) is 5.88 Å². The molecule has 0 saturated carbocycles. The standard InChI is InChI=1S/C15H12Cl2F2/c16-9-12(11-2-1-3-13(17)7-11)4-10-5-14(18)8-15(19)6-10/h1-3,5-8,12H,4,9H2. The third kappa shape index (κ3) is 3.92. The van der Waals surface area contributed by atoms with Crippen molar-refractivity contribution in [1.82, 2.24) is 0 Å². The Labute approximate surface area is 121 Å². The normalized spacial score (nSPS) is 12.4. The van der Waals surface area contributed by atoms with E-state index in [9.17, 15) is 8.78 Å². The molecular weight excluding hydrogens is 289 g/mol. The highest BCUT2D eigenvalue weighted by Gasteiger charge is 2.13. The molecule has 0 heterocycles. The van der Waals surface area contributed by atoms with Gasteiger partial charge in [-0.15, -0.1) is 11.6 Å². The van der Waals surface area contributed by atoms with Crippen molar-refractivity contribution in [2.45, 2.75) is 12.3 Å². The molecule has 2 aromatic carbocycles. The summed E-state index contributed by atoms with van der Waals surface area (Å²) in [5.74, 6) is -0.816. The molecule has 2 rings (SSSR count). The number of hydrogen-bond acceptors (Lipinski definition) is 0. The van der Waals surface area contributed by atoms with E-state index in [0.29, 0.717) is 22.9 Å². The van der Waals surface area contributed by atoms with Crippen LogP contribution in [-0.4, -0.2) is 5.88 Å². The molecule has 1 unspecified atom stereocenters. The van der Waals surface area contributed by atoms with Crippen LogP contribution in [0.1, 0.15) is 17.0 Å². The fourth-order valence-electron chi connectivity index (χ4n) is 2.04. The summed E-state index contributed by atoms with van der Waals surface area (Å²) in [5.41, 5.74) is 1.55. The van der Waals surface area contributed by atoms with Crippen LogP contribution in [0.25, 0.3) is 0 Å². The van der Waals surface area contributed by atoms with Crippen molar-refractivity contribution in [3.63, 3.8) is 0 Å². The fraction of sp³-hybridized carbons (Fsp3) is 0.200. The molecule has 0 saturated heterocycles. The molecule has 100 valence electrons. The molecule has 4 heteroatoms. The van der Waals surface area contributed by atoms with Gasteiger partial charge >= 0.3 is 0 Å². The van der Waals surface area contributed by atoms with E-state index in [2.05, 4.69) is 0 Å². The lowest BCUT2D eigenvalue weighted by Gasteiger charge is -2.15. The third-order valence-electron chi connectivity index (χ3n) is 2.91. The van der Waals surface area contributed by atoms with E-state index in [0.717, 1.165) is 11.6 Å². The largest absolute Gasteiger partial charge is 0.207 e. The Morgan fingerprint density at radius 3 is 2.26 bits per heavy atom. The van der Waals surface area contributed by atoms with Gasteiger partial charge in [0.05, 0.1) is 0 Å². The van der Waals surface area contributed by atoms with Crippen LogP contribution < -0.4 is 0 Å². The van der Waals surface area contributed by atoms with Gasteiger partial charge in [0.25, 0.3) is 0 Å². The molecule has 0 spiro atoms. The summed E-state index contributed by atoms with van der Waals surface area (Å²) in [6.45, 7) is 0. The Morgan fingerprint density at radius 1 is 1.00 bits per heavy atom. The topological polar surface area (TPSA) is 0 Å². The molecule has 0 aliphatic heterocycles. The number of alkyl halides is 1. The fourth-order valence-corrected chi connectivity index (χ4v) is 2.52. The highest BCUT2D eigenvalue weighted by Crippen LogP contribution is 2.25. The zero-order valence-corrected chi connectivity index (χ0v) is 11.6. The Morgan fingerprint density at radius 2 is 1.68 bits per heavy atom. The van der Waals surface area contributed by atoms with Crippen molar-refractivity contribution in [3.8, 4) is 0 Å². The Kier molecular flexibility index (Phi) is 4.78. The first-order valence-corrected chi connectivity index (χ1v) is 6.76. The quantitative estimate of drug-likeness (QED) is 0.682. The second-order valence-corrected chi connectivity index (χ2v) is 5.13. The average Bonchev–Trinajstić information content (AvgIpc) is 2.34. The summed E-state index contributed by atoms with van der Waals surface area (Å²) in [6, 6.07) is 10.9. The first-order chi connectivity index (χ1) is 9.08. The van der Waals surface area contributed by atoms with Crippen LogP contribution in [0.15, 0.2) is 42.5 Å². The Bertz CT molecular complexity index is 550. The first-order valence-electron chi connectivity index (χ1n) is 5.85. The van der Waals surface area contributed by atoms with Crippen LogP contribution in [0.2, 0.25) is 5.02 Å². The van der Waals surface area contributed by atoms with Gasteiger partial charge < -0.3 is 0 Å². The van der Waals surface area contributed by atoms with Gasteiger partial charge in [-0.1, -0.05) is 23.7 Å². The van der Waals surface area contributed by atoms with Crippen molar-refractivity contribution in [3.05, 3.63) is 70.2 Å². The second-order valence-electron chi connectivity index (χ2n) is 4.39. The van der Waals surface area contributed by atoms with E-state index < -0.39 is 11.6 Å². The van der Waals surface area contributed by atoms with Crippen LogP contribution >= 0.6 is 23.2 Å². The maximum Gasteiger partial charge on any atom is 0.126 e. The SMILES string of the molecule is Fc1cc(F)cc(CC(CCl)c2cccc(Cl)c2)c1. The molecule has 0 amide bonds. The van der Waals surface area contributed by atoms with Gasteiger partial charge in [0, 0.05) is 22.9 Å². The molecule has 19 heavy (non-hydrogen) atoms. The van der Waals surface area contributed by atoms with Crippen LogP contribution in [0, 0.1) is 11.6 Å². The molecule has 0 N–H and O–H groups in total. The molecule has 0 aliphatic rings. The monoisotopic (exact) mass is 300 g/mol. The lowest BCUT2D eigenvalue weighted by atomic mass is 9.93. The van der Waals surface area contributed by atoms with Gasteiger partial charge in [-0.25, -0.2) is 8.78 Å². The number of halogens is 4. The van der Waals surface area contributed by atoms with Crippen molar-refractivity contribution < 1.29 is 8.78 Å². The van der Waals surface area contributed by atoms with Gasteiger partial charge in [0.2, 0.25) is 0 Å². The van der Waals surface area contributed by atoms with Gasteiger partial charge in [0.1, 0.15) is 11.6 Å². The molecule has 0 nitrogen and oxygen atoms in total. The van der Waals surface area contributed by atoms with Crippen molar-refractivity contribution in [1.29, 1.82) is 0 Å². The summed E-state index contributed by atoms with van der Waals surface area (Å²) in [4.78, 5) is 0. The molecule has 0 fully saturated rings. The van der Waals surface area contributed by atoms with Crippen LogP contribution in [0.3, 0.4) is 0 Å². The van der Waals surface area contributed by atoms with Crippen molar-refractivity contribution in [2.24, 2.45) is 0 Å². The Hall–Kier alpha value is -1.12. The predicted molar refractivity (Wildman–Crippen MR) is 75.0 cm³/mol. The number of hydrogen-bond donors (Lipinski definition) is 0. The maximum absolute atomic E-state index is 13.2. The van der Waals surface area contributed by atoms with E-state index in [4.69, 9.17) is 23.2 Å². The van der Waals surface area contributed by atoms with Gasteiger partial charge in [0.15, 0.2) is 0 Å². The molecule has 0 radical (unpaired) electrons. The summed E-state index contributed by atoms with van der Waals surface area (Å²) < 4.78 is 26.3. The summed E-state index contributed by atoms with van der Waals surface area (Å²) >= 11 is 11.9. The molecule has 1 atom stereocenters. The zero-order valence-electron chi connectivity index (χ0n) is 10.0. The Balaban J connectivity index is 2.23. The minimum atomic E-state index is -0.575. The highest BCUT2D eigenvalue weighted by molar-refractivity contribution is 6.30. The lowest BCUT2D eigenvalue weighted by molar-refractivity contribution is 0.577. The van der Waals surface area contributed by atoms with E-state index in [1.807, 2.05) is 18.2 Å². The van der Waals surface area contributed by atoms with Crippen molar-refractivity contribution >= 4 is 23.2 Å². The molecule has 0 aliphatic carbocycles. The maximum atomic E-state index is 13.2. The third-order valence-corrected chi connectivity index (χ3v) is 3.52. The number of rotatable bonds is 4. The van der Waals surface area contributed by atoms with E-state index >= 15 is 0 Å². The summed E-state index contributed by atoms with van der Waals surface area (Å²) in [5, 5.41) is 0.623. The zero-order chi connectivity index (χ0) is 13.8. The molecule has 0 aromatic heterocycles. The molecular formula is C15H12Cl2F2. The van der Waals surface area contributed by atoms with Crippen LogP contribution in [-0.2, 0) is 6.42 Å². The molecule has 2 aromatic rings. The van der Waals surface area contributed by atoms with Crippen LogP contribution in [0.4, 0.5) is 8.78 Å². The smallest absolute Gasteiger partial charge is 0.126 e. The van der Waals surface area contributed by atoms with Gasteiger partial charge in [-0.05, 0) is 41.8 Å². The van der Waals surface area contributed by atoms with Gasteiger partial charge in [-0.3, -0.25) is 0 Å². The average molecular weight is 301 g/mol. The highest BCUT2D eigenvalue weighted by atomic mass is 35.5. The first kappa shape index (κ1) is 14.3. The lowest BCUT2D eigenvalue weighted by Crippen LogP contribution is -2.05. The summed E-state index contributed by atoms with van der Waals surface area (Å²) in [6.07, 6.45) is 0.471. The van der Waals surface area contributed by atoms with E-state index in [1.165, 1.54) is 12.1 Å². The van der Waals surface area contributed by atoms with E-state index in [-0.39, 0.29) is 5.92 Å². The summed E-state index contributed by atoms with van der Waals surface area (Å²) in [7, 11) is 0. The predicted octanol–water partition coefficient (Wildman–Crippen LogP) is 5.18. The number of benzene rings is 2. The van der Waals surface area contributed by atoms with Gasteiger partial charge in [-0.2, -0.15) is 0 Å². The molecule has 0 bridgehead atoms. The van der Waals surface area contributed by atoms with E-state index in [1.54, 1.807) is 6.07 Å². The minimum absolute atomic E-state index is 0.0263. The minimum Gasteiger partial charge on any atom is -0.207 e.